The van der Waals surface area contributed by atoms with E-state index in [4.69, 9.17) is 0 Å². The summed E-state index contributed by atoms with van der Waals surface area (Å²) in [6.45, 7) is 0.701. The molecule has 0 spiro atoms. The Hall–Kier alpha value is -2.04. The molecule has 15 heavy (non-hydrogen) atoms. The van der Waals surface area contributed by atoms with E-state index in [2.05, 4.69) is 15.3 Å². The lowest BCUT2D eigenvalue weighted by molar-refractivity contribution is 0.111. The molecule has 0 atom stereocenters. The largest absolute Gasteiger partial charge is 0.296 e. The zero-order valence-electron chi connectivity index (χ0n) is 8.08. The average Bonchev–Trinajstić information content (AvgIpc) is 2.76. The molecule has 0 N–H and O–H groups in total. The molecule has 0 bridgehead atoms. The number of carbonyl (C=O) groups excluding carboxylic acids is 1. The van der Waals surface area contributed by atoms with Gasteiger partial charge in [-0.1, -0.05) is 11.3 Å². The molecule has 2 aromatic rings. The molecule has 0 aliphatic heterocycles. The SMILES string of the molecule is O=Cc1cn(CCc2cccnc2)nn1. The van der Waals surface area contributed by atoms with Crippen LogP contribution in [0.2, 0.25) is 0 Å². The number of rotatable bonds is 4. The molecule has 0 aliphatic carbocycles. The van der Waals surface area contributed by atoms with Gasteiger partial charge in [-0.3, -0.25) is 14.5 Å². The highest BCUT2D eigenvalue weighted by Crippen LogP contribution is 1.99. The Balaban J connectivity index is 1.96. The van der Waals surface area contributed by atoms with Gasteiger partial charge in [0, 0.05) is 18.9 Å². The van der Waals surface area contributed by atoms with Crippen molar-refractivity contribution in [1.29, 1.82) is 0 Å². The molecule has 0 fully saturated rings. The first-order chi connectivity index (χ1) is 7.38. The lowest BCUT2D eigenvalue weighted by Crippen LogP contribution is -2.02. The molecule has 0 aliphatic rings. The molecular weight excluding hydrogens is 192 g/mol. The normalized spacial score (nSPS) is 10.1. The van der Waals surface area contributed by atoms with Crippen LogP contribution in [0.15, 0.2) is 30.7 Å². The van der Waals surface area contributed by atoms with Crippen molar-refractivity contribution in [1.82, 2.24) is 20.0 Å². The first-order valence-corrected chi connectivity index (χ1v) is 4.63. The van der Waals surface area contributed by atoms with Crippen molar-refractivity contribution in [2.45, 2.75) is 13.0 Å². The molecule has 2 aromatic heterocycles. The Morgan fingerprint density at radius 2 is 2.40 bits per heavy atom. The zero-order valence-corrected chi connectivity index (χ0v) is 8.08. The molecule has 0 radical (unpaired) electrons. The predicted octanol–water partition coefficient (Wildman–Crippen LogP) is 0.728. The van der Waals surface area contributed by atoms with Gasteiger partial charge in [0.15, 0.2) is 6.29 Å². The number of aryl methyl sites for hydroxylation is 2. The summed E-state index contributed by atoms with van der Waals surface area (Å²) >= 11 is 0. The zero-order chi connectivity index (χ0) is 10.5. The topological polar surface area (TPSA) is 60.7 Å². The molecule has 0 saturated heterocycles. The number of aromatic nitrogens is 4. The van der Waals surface area contributed by atoms with Gasteiger partial charge in [0.05, 0.1) is 6.20 Å². The van der Waals surface area contributed by atoms with Gasteiger partial charge in [-0.15, -0.1) is 5.10 Å². The summed E-state index contributed by atoms with van der Waals surface area (Å²) in [6, 6.07) is 3.90. The van der Waals surface area contributed by atoms with Crippen molar-refractivity contribution in [3.63, 3.8) is 0 Å². The first-order valence-electron chi connectivity index (χ1n) is 4.63. The van der Waals surface area contributed by atoms with Crippen molar-refractivity contribution in [3.05, 3.63) is 42.0 Å². The van der Waals surface area contributed by atoms with E-state index in [9.17, 15) is 4.79 Å². The van der Waals surface area contributed by atoms with Gasteiger partial charge in [0.2, 0.25) is 0 Å². The predicted molar refractivity (Wildman–Crippen MR) is 53.4 cm³/mol. The number of aldehydes is 1. The monoisotopic (exact) mass is 202 g/mol. The van der Waals surface area contributed by atoms with Gasteiger partial charge in [0.1, 0.15) is 5.69 Å². The molecule has 5 nitrogen and oxygen atoms in total. The van der Waals surface area contributed by atoms with Gasteiger partial charge < -0.3 is 0 Å². The highest BCUT2D eigenvalue weighted by Gasteiger charge is 1.99. The van der Waals surface area contributed by atoms with E-state index in [1.54, 1.807) is 17.1 Å². The molecule has 2 rings (SSSR count). The third-order valence-electron chi connectivity index (χ3n) is 2.03. The van der Waals surface area contributed by atoms with E-state index in [1.807, 2.05) is 18.3 Å². The van der Waals surface area contributed by atoms with Crippen molar-refractivity contribution in [2.75, 3.05) is 0 Å². The molecule has 0 amide bonds. The first kappa shape index (κ1) is 9.51. The minimum absolute atomic E-state index is 0.362. The maximum absolute atomic E-state index is 10.4. The van der Waals surface area contributed by atoms with Gasteiger partial charge in [-0.2, -0.15) is 0 Å². The minimum atomic E-state index is 0.362. The Labute approximate surface area is 86.8 Å². The van der Waals surface area contributed by atoms with Crippen molar-refractivity contribution in [3.8, 4) is 0 Å². The van der Waals surface area contributed by atoms with Crippen molar-refractivity contribution in [2.24, 2.45) is 0 Å². The Morgan fingerprint density at radius 1 is 1.47 bits per heavy atom. The fraction of sp³-hybridized carbons (Fsp3) is 0.200. The van der Waals surface area contributed by atoms with Crippen LogP contribution in [0.5, 0.6) is 0 Å². The van der Waals surface area contributed by atoms with E-state index in [-0.39, 0.29) is 0 Å². The van der Waals surface area contributed by atoms with E-state index >= 15 is 0 Å². The number of nitrogens with zero attached hydrogens (tertiary/aromatic N) is 4. The van der Waals surface area contributed by atoms with Crippen LogP contribution in [-0.4, -0.2) is 26.3 Å². The standard InChI is InChI=1S/C10H10N4O/c15-8-10-7-14(13-12-10)5-3-9-2-1-4-11-6-9/h1-2,4,6-8H,3,5H2. The molecule has 2 heterocycles. The molecule has 0 aromatic carbocycles. The Bertz CT molecular complexity index is 438. The smallest absolute Gasteiger partial charge is 0.171 e. The Kier molecular flexibility index (Phi) is 2.82. The molecular formula is C10H10N4O. The highest BCUT2D eigenvalue weighted by molar-refractivity contribution is 5.70. The number of pyridine rings is 1. The molecule has 0 unspecified atom stereocenters. The maximum Gasteiger partial charge on any atom is 0.171 e. The van der Waals surface area contributed by atoms with E-state index in [1.165, 1.54) is 0 Å². The van der Waals surface area contributed by atoms with Crippen LogP contribution in [0.3, 0.4) is 0 Å². The van der Waals surface area contributed by atoms with Crippen molar-refractivity contribution >= 4 is 6.29 Å². The minimum Gasteiger partial charge on any atom is -0.296 e. The summed E-state index contributed by atoms with van der Waals surface area (Å²) in [5.41, 5.74) is 1.50. The third kappa shape index (κ3) is 2.46. The third-order valence-corrected chi connectivity index (χ3v) is 2.03. The van der Waals surface area contributed by atoms with Crippen LogP contribution in [0, 0.1) is 0 Å². The molecule has 5 heteroatoms. The van der Waals surface area contributed by atoms with Gasteiger partial charge in [-0.05, 0) is 18.1 Å². The average molecular weight is 202 g/mol. The lowest BCUT2D eigenvalue weighted by Gasteiger charge is -1.99. The van der Waals surface area contributed by atoms with Crippen LogP contribution < -0.4 is 0 Å². The second-order valence-corrected chi connectivity index (χ2v) is 3.14. The van der Waals surface area contributed by atoms with E-state index in [0.717, 1.165) is 12.0 Å². The van der Waals surface area contributed by atoms with Crippen molar-refractivity contribution < 1.29 is 4.79 Å². The van der Waals surface area contributed by atoms with Crippen LogP contribution in [0.1, 0.15) is 16.1 Å². The summed E-state index contributed by atoms with van der Waals surface area (Å²) in [7, 11) is 0. The maximum atomic E-state index is 10.4. The van der Waals surface area contributed by atoms with Crippen LogP contribution in [-0.2, 0) is 13.0 Å². The van der Waals surface area contributed by atoms with Gasteiger partial charge >= 0.3 is 0 Å². The molecule has 0 saturated carbocycles. The number of carbonyl (C=O) groups is 1. The summed E-state index contributed by atoms with van der Waals surface area (Å²) in [6.07, 6.45) is 6.70. The lowest BCUT2D eigenvalue weighted by atomic mass is 10.2. The molecule has 76 valence electrons. The van der Waals surface area contributed by atoms with Crippen LogP contribution in [0.4, 0.5) is 0 Å². The van der Waals surface area contributed by atoms with Gasteiger partial charge in [-0.25, -0.2) is 0 Å². The summed E-state index contributed by atoms with van der Waals surface area (Å²) in [5.74, 6) is 0. The summed E-state index contributed by atoms with van der Waals surface area (Å²) < 4.78 is 1.65. The summed E-state index contributed by atoms with van der Waals surface area (Å²) in [4.78, 5) is 14.4. The second-order valence-electron chi connectivity index (χ2n) is 3.14. The van der Waals surface area contributed by atoms with Gasteiger partial charge in [0.25, 0.3) is 0 Å². The fourth-order valence-electron chi connectivity index (χ4n) is 1.27. The second kappa shape index (κ2) is 4.45. The Morgan fingerprint density at radius 3 is 3.07 bits per heavy atom. The number of hydrogen-bond acceptors (Lipinski definition) is 4. The van der Waals surface area contributed by atoms with Crippen LogP contribution >= 0.6 is 0 Å². The quantitative estimate of drug-likeness (QED) is 0.686. The fourth-order valence-corrected chi connectivity index (χ4v) is 1.27. The van der Waals surface area contributed by atoms with Crippen LogP contribution in [0.25, 0.3) is 0 Å². The summed E-state index contributed by atoms with van der Waals surface area (Å²) in [5, 5.41) is 7.49. The van der Waals surface area contributed by atoms with E-state index in [0.29, 0.717) is 18.5 Å². The number of hydrogen-bond donors (Lipinski definition) is 0. The van der Waals surface area contributed by atoms with E-state index < -0.39 is 0 Å². The highest BCUT2D eigenvalue weighted by atomic mass is 16.1.